The maximum Gasteiger partial charge on any atom is 0.00255 e. The molecule has 0 saturated heterocycles. The second-order valence-corrected chi connectivity index (χ2v) is 13.3. The second-order valence-electron chi connectivity index (χ2n) is 13.3. The van der Waals surface area contributed by atoms with Crippen LogP contribution in [0.25, 0.3) is 0 Å². The predicted molar refractivity (Wildman–Crippen MR) is 138 cm³/mol. The fourth-order valence-electron chi connectivity index (χ4n) is 4.71. The molecule has 0 nitrogen and oxygen atoms in total. The normalized spacial score (nSPS) is 24.7. The summed E-state index contributed by atoms with van der Waals surface area (Å²) in [6, 6.07) is 0. The van der Waals surface area contributed by atoms with Crippen LogP contribution in [0.15, 0.2) is 47.1 Å². The summed E-state index contributed by atoms with van der Waals surface area (Å²) < 4.78 is 0. The highest BCUT2D eigenvalue weighted by atomic mass is 14.4. The van der Waals surface area contributed by atoms with Crippen molar-refractivity contribution in [1.82, 2.24) is 0 Å². The van der Waals surface area contributed by atoms with Crippen molar-refractivity contribution in [2.45, 2.75) is 115 Å². The molecule has 2 rings (SSSR count). The molecule has 0 saturated carbocycles. The second kappa shape index (κ2) is 10.1. The van der Waals surface area contributed by atoms with Crippen LogP contribution in [0.5, 0.6) is 0 Å². The standard InChI is InChI=1S/2C15H26/c2*1-12-8-7-10-15(5,6)13(12)9-11-14(2,3)4/h9,11H,7-8,10H2,1-6H3;8-9,11,13H,7,10H2,1-6H3/b2*11-9+. The molecule has 30 heavy (non-hydrogen) atoms. The molecule has 0 aromatic heterocycles. The molecule has 0 bridgehead atoms. The van der Waals surface area contributed by atoms with E-state index in [0.29, 0.717) is 27.6 Å². The summed E-state index contributed by atoms with van der Waals surface area (Å²) in [5.74, 6) is 0.630. The van der Waals surface area contributed by atoms with Gasteiger partial charge in [0.15, 0.2) is 0 Å². The molecule has 0 fully saturated rings. The molecule has 0 heterocycles. The van der Waals surface area contributed by atoms with E-state index >= 15 is 0 Å². The Bertz CT molecular complexity index is 675. The average molecular weight is 413 g/mol. The Labute approximate surface area is 190 Å². The van der Waals surface area contributed by atoms with Crippen LogP contribution in [0.2, 0.25) is 0 Å². The molecular weight excluding hydrogens is 360 g/mol. The van der Waals surface area contributed by atoms with Crippen molar-refractivity contribution in [2.75, 3.05) is 0 Å². The van der Waals surface area contributed by atoms with Gasteiger partial charge in [-0.2, -0.15) is 0 Å². The Morgan fingerprint density at radius 2 is 1.43 bits per heavy atom. The Hall–Kier alpha value is -1.04. The minimum absolute atomic E-state index is 0.292. The zero-order chi connectivity index (χ0) is 23.4. The monoisotopic (exact) mass is 412 g/mol. The lowest BCUT2D eigenvalue weighted by Crippen LogP contribution is -2.26. The lowest BCUT2D eigenvalue weighted by atomic mass is 9.68. The van der Waals surface area contributed by atoms with Gasteiger partial charge in [-0.15, -0.1) is 0 Å². The Kier molecular flexibility index (Phi) is 9.05. The highest BCUT2D eigenvalue weighted by molar-refractivity contribution is 5.33. The molecule has 1 unspecified atom stereocenters. The van der Waals surface area contributed by atoms with Crippen molar-refractivity contribution in [1.29, 1.82) is 0 Å². The van der Waals surface area contributed by atoms with Crippen LogP contribution in [0.3, 0.4) is 0 Å². The first-order valence-corrected chi connectivity index (χ1v) is 12.2. The summed E-state index contributed by atoms with van der Waals surface area (Å²) in [5, 5.41) is 0. The molecular formula is C30H52. The van der Waals surface area contributed by atoms with Gasteiger partial charge < -0.3 is 0 Å². The molecule has 1 atom stereocenters. The van der Waals surface area contributed by atoms with Gasteiger partial charge >= 0.3 is 0 Å². The minimum atomic E-state index is 0.292. The third-order valence-electron chi connectivity index (χ3n) is 6.67. The highest BCUT2D eigenvalue weighted by Gasteiger charge is 2.31. The molecule has 0 aliphatic heterocycles. The van der Waals surface area contributed by atoms with E-state index in [1.807, 2.05) is 0 Å². The summed E-state index contributed by atoms with van der Waals surface area (Å²) >= 11 is 0. The maximum absolute atomic E-state index is 2.42. The van der Waals surface area contributed by atoms with Gasteiger partial charge in [-0.25, -0.2) is 0 Å². The summed E-state index contributed by atoms with van der Waals surface area (Å²) in [6.45, 7) is 27.7. The minimum Gasteiger partial charge on any atom is -0.0850 e. The lowest BCUT2D eigenvalue weighted by molar-refractivity contribution is 0.254. The van der Waals surface area contributed by atoms with E-state index in [9.17, 15) is 0 Å². The molecule has 2 aliphatic carbocycles. The molecule has 0 amide bonds. The van der Waals surface area contributed by atoms with Crippen LogP contribution < -0.4 is 0 Å². The van der Waals surface area contributed by atoms with Crippen molar-refractivity contribution in [3.63, 3.8) is 0 Å². The predicted octanol–water partition coefficient (Wildman–Crippen LogP) is 10.1. The summed E-state index contributed by atoms with van der Waals surface area (Å²) in [5.41, 5.74) is 6.11. The van der Waals surface area contributed by atoms with E-state index in [-0.39, 0.29) is 0 Å². The highest BCUT2D eigenvalue weighted by Crippen LogP contribution is 2.42. The molecule has 0 heteroatoms. The first kappa shape index (κ1) is 27.0. The van der Waals surface area contributed by atoms with Crippen LogP contribution in [0, 0.1) is 27.6 Å². The smallest absolute Gasteiger partial charge is 0.00255 e. The maximum atomic E-state index is 2.42. The van der Waals surface area contributed by atoms with E-state index in [1.165, 1.54) is 32.1 Å². The Morgan fingerprint density at radius 3 is 1.90 bits per heavy atom. The van der Waals surface area contributed by atoms with Crippen LogP contribution in [0.1, 0.15) is 115 Å². The summed E-state index contributed by atoms with van der Waals surface area (Å²) in [7, 11) is 0. The van der Waals surface area contributed by atoms with Crippen molar-refractivity contribution in [3.05, 3.63) is 47.1 Å². The topological polar surface area (TPSA) is 0 Å². The molecule has 172 valence electrons. The summed E-state index contributed by atoms with van der Waals surface area (Å²) in [6.07, 6.45) is 18.4. The Balaban J connectivity index is 0.000000300. The number of hydrogen-bond donors (Lipinski definition) is 0. The number of rotatable bonds is 2. The number of hydrogen-bond acceptors (Lipinski definition) is 0. The summed E-state index contributed by atoms with van der Waals surface area (Å²) in [4.78, 5) is 0. The molecule has 0 aromatic carbocycles. The largest absolute Gasteiger partial charge is 0.0850 e. The van der Waals surface area contributed by atoms with Gasteiger partial charge in [0, 0.05) is 5.92 Å². The van der Waals surface area contributed by atoms with Gasteiger partial charge in [0.25, 0.3) is 0 Å². The van der Waals surface area contributed by atoms with Gasteiger partial charge in [-0.1, -0.05) is 111 Å². The van der Waals surface area contributed by atoms with Crippen molar-refractivity contribution in [3.8, 4) is 0 Å². The molecule has 0 radical (unpaired) electrons. The van der Waals surface area contributed by atoms with Crippen LogP contribution >= 0.6 is 0 Å². The van der Waals surface area contributed by atoms with Crippen molar-refractivity contribution >= 4 is 0 Å². The van der Waals surface area contributed by atoms with E-state index in [0.717, 1.165) is 0 Å². The third-order valence-corrected chi connectivity index (χ3v) is 6.67. The van der Waals surface area contributed by atoms with E-state index in [2.05, 4.69) is 113 Å². The SMILES string of the molecule is CC1=C(/C=C/C(C)(C)C)C(C)(C)CCC1.CC1=CCCC(C)(C)C1/C=C/C(C)(C)C. The number of allylic oxidation sites excluding steroid dienone is 8. The lowest BCUT2D eigenvalue weighted by Gasteiger charge is -2.37. The fourth-order valence-corrected chi connectivity index (χ4v) is 4.71. The quantitative estimate of drug-likeness (QED) is 0.396. The van der Waals surface area contributed by atoms with Gasteiger partial charge in [0.05, 0.1) is 0 Å². The van der Waals surface area contributed by atoms with Crippen LogP contribution in [-0.4, -0.2) is 0 Å². The first-order valence-electron chi connectivity index (χ1n) is 12.2. The molecule has 0 spiro atoms. The average Bonchev–Trinajstić information content (AvgIpc) is 2.51. The van der Waals surface area contributed by atoms with E-state index < -0.39 is 0 Å². The molecule has 0 aromatic rings. The van der Waals surface area contributed by atoms with E-state index in [4.69, 9.17) is 0 Å². The van der Waals surface area contributed by atoms with Crippen LogP contribution in [-0.2, 0) is 0 Å². The Morgan fingerprint density at radius 1 is 0.867 bits per heavy atom. The molecule has 2 aliphatic rings. The van der Waals surface area contributed by atoms with Gasteiger partial charge in [-0.05, 0) is 73.2 Å². The van der Waals surface area contributed by atoms with Crippen LogP contribution in [0.4, 0.5) is 0 Å². The van der Waals surface area contributed by atoms with Gasteiger partial charge in [0.2, 0.25) is 0 Å². The van der Waals surface area contributed by atoms with E-state index in [1.54, 1.807) is 16.7 Å². The van der Waals surface area contributed by atoms with Crippen molar-refractivity contribution < 1.29 is 0 Å². The van der Waals surface area contributed by atoms with Crippen molar-refractivity contribution in [2.24, 2.45) is 27.6 Å². The van der Waals surface area contributed by atoms with Gasteiger partial charge in [-0.3, -0.25) is 0 Å². The first-order chi connectivity index (χ1) is 13.4. The zero-order valence-corrected chi connectivity index (χ0v) is 22.5. The fraction of sp³-hybridized carbons (Fsp3) is 0.733. The zero-order valence-electron chi connectivity index (χ0n) is 22.5. The molecule has 0 N–H and O–H groups in total. The van der Waals surface area contributed by atoms with Gasteiger partial charge in [0.1, 0.15) is 0 Å². The third kappa shape index (κ3) is 8.99.